The van der Waals surface area contributed by atoms with Crippen molar-refractivity contribution >= 4 is 15.6 Å². The average Bonchev–Trinajstić information content (AvgIpc) is 2.55. The lowest BCUT2D eigenvalue weighted by Crippen LogP contribution is -2.35. The van der Waals surface area contributed by atoms with Crippen LogP contribution in [0.25, 0.3) is 0 Å². The van der Waals surface area contributed by atoms with Crippen molar-refractivity contribution < 1.29 is 17.9 Å². The number of hydrogen-bond acceptors (Lipinski definition) is 4. The van der Waals surface area contributed by atoms with Crippen molar-refractivity contribution in [3.05, 3.63) is 59.2 Å². The van der Waals surface area contributed by atoms with Crippen LogP contribution < -0.4 is 4.74 Å². The molecule has 1 aliphatic carbocycles. The Balaban J connectivity index is 2.01. The first kappa shape index (κ1) is 15.7. The van der Waals surface area contributed by atoms with E-state index in [4.69, 9.17) is 4.74 Å². The minimum atomic E-state index is -3.68. The summed E-state index contributed by atoms with van der Waals surface area (Å²) in [5.41, 5.74) is 2.32. The molecule has 3 rings (SSSR count). The van der Waals surface area contributed by atoms with E-state index >= 15 is 0 Å². The number of ketones is 1. The van der Waals surface area contributed by atoms with Crippen LogP contribution in [0.3, 0.4) is 0 Å². The third-order valence-electron chi connectivity index (χ3n) is 4.27. The van der Waals surface area contributed by atoms with Gasteiger partial charge in [0.2, 0.25) is 0 Å². The zero-order chi connectivity index (χ0) is 16.6. The van der Waals surface area contributed by atoms with Crippen LogP contribution in [-0.4, -0.2) is 26.6 Å². The summed E-state index contributed by atoms with van der Waals surface area (Å²) >= 11 is 0. The van der Waals surface area contributed by atoms with Gasteiger partial charge in [0, 0.05) is 5.56 Å². The second-order valence-corrected chi connectivity index (χ2v) is 7.90. The first-order chi connectivity index (χ1) is 10.9. The molecule has 1 atom stereocenters. The highest BCUT2D eigenvalue weighted by Gasteiger charge is 2.38. The van der Waals surface area contributed by atoms with E-state index in [0.717, 1.165) is 11.1 Å². The molecule has 0 saturated carbocycles. The van der Waals surface area contributed by atoms with Gasteiger partial charge in [-0.05, 0) is 49.6 Å². The van der Waals surface area contributed by atoms with Crippen LogP contribution in [-0.2, 0) is 16.3 Å². The van der Waals surface area contributed by atoms with E-state index in [2.05, 4.69) is 0 Å². The van der Waals surface area contributed by atoms with Crippen molar-refractivity contribution in [1.29, 1.82) is 0 Å². The predicted octanol–water partition coefficient (Wildman–Crippen LogP) is 2.98. The minimum absolute atomic E-state index is 0.202. The van der Waals surface area contributed by atoms with E-state index in [9.17, 15) is 13.2 Å². The van der Waals surface area contributed by atoms with E-state index in [1.165, 1.54) is 7.11 Å². The quantitative estimate of drug-likeness (QED) is 0.868. The number of Topliss-reactive ketones (excluding diaryl/α,β-unsaturated/α-hetero) is 1. The molecule has 1 unspecified atom stereocenters. The number of carbonyl (C=O) groups is 1. The molecular weight excluding hydrogens is 312 g/mol. The smallest absolute Gasteiger partial charge is 0.188 e. The normalized spacial score (nSPS) is 17.7. The Morgan fingerprint density at radius 3 is 2.43 bits per heavy atom. The molecule has 0 radical (unpaired) electrons. The van der Waals surface area contributed by atoms with Gasteiger partial charge < -0.3 is 4.74 Å². The second-order valence-electron chi connectivity index (χ2n) is 5.77. The fraction of sp³-hybridized carbons (Fsp3) is 0.278. The highest BCUT2D eigenvalue weighted by Crippen LogP contribution is 2.31. The molecule has 0 aliphatic heterocycles. The van der Waals surface area contributed by atoms with Crippen LogP contribution in [0.2, 0.25) is 0 Å². The number of ether oxygens (including phenoxy) is 1. The molecule has 0 heterocycles. The molecule has 0 spiro atoms. The monoisotopic (exact) mass is 330 g/mol. The van der Waals surface area contributed by atoms with Crippen molar-refractivity contribution in [2.75, 3.05) is 7.11 Å². The number of benzene rings is 2. The molecule has 0 bridgehead atoms. The topological polar surface area (TPSA) is 60.4 Å². The van der Waals surface area contributed by atoms with Gasteiger partial charge >= 0.3 is 0 Å². The highest BCUT2D eigenvalue weighted by atomic mass is 32.2. The summed E-state index contributed by atoms with van der Waals surface area (Å²) in [6.07, 6.45) is 0.884. The average molecular weight is 330 g/mol. The number of aryl methyl sites for hydroxylation is 2. The standard InChI is InChI=1S/C18H18O4S/c1-12-3-8-15(9-4-12)23(20,21)17-10-6-13-5-7-14(22-2)11-16(13)18(17)19/h3-5,7-9,11,17H,6,10H2,1-2H3. The van der Waals surface area contributed by atoms with Gasteiger partial charge in [-0.3, -0.25) is 4.79 Å². The Hall–Kier alpha value is -2.14. The van der Waals surface area contributed by atoms with E-state index in [1.807, 2.05) is 13.0 Å². The molecule has 0 aromatic heterocycles. The van der Waals surface area contributed by atoms with E-state index in [-0.39, 0.29) is 10.7 Å². The molecule has 0 N–H and O–H groups in total. The number of rotatable bonds is 3. The van der Waals surface area contributed by atoms with Crippen molar-refractivity contribution in [2.24, 2.45) is 0 Å². The number of fused-ring (bicyclic) bond motifs is 1. The first-order valence-corrected chi connectivity index (χ1v) is 9.00. The van der Waals surface area contributed by atoms with Crippen LogP contribution in [0.5, 0.6) is 5.75 Å². The maximum absolute atomic E-state index is 12.8. The van der Waals surface area contributed by atoms with Crippen LogP contribution in [0.4, 0.5) is 0 Å². The maximum atomic E-state index is 12.8. The van der Waals surface area contributed by atoms with Crippen LogP contribution in [0, 0.1) is 6.92 Å². The zero-order valence-electron chi connectivity index (χ0n) is 13.1. The summed E-state index contributed by atoms with van der Waals surface area (Å²) < 4.78 is 30.8. The van der Waals surface area contributed by atoms with Gasteiger partial charge in [-0.1, -0.05) is 23.8 Å². The Morgan fingerprint density at radius 1 is 1.09 bits per heavy atom. The lowest BCUT2D eigenvalue weighted by molar-refractivity contribution is 0.0976. The lowest BCUT2D eigenvalue weighted by atomic mass is 9.90. The molecule has 2 aromatic carbocycles. The fourth-order valence-electron chi connectivity index (χ4n) is 2.91. The minimum Gasteiger partial charge on any atom is -0.497 e. The van der Waals surface area contributed by atoms with Crippen LogP contribution in [0.1, 0.15) is 27.9 Å². The fourth-order valence-corrected chi connectivity index (χ4v) is 4.59. The summed E-state index contributed by atoms with van der Waals surface area (Å²) in [4.78, 5) is 12.9. The van der Waals surface area contributed by atoms with Gasteiger partial charge in [0.25, 0.3) is 0 Å². The first-order valence-electron chi connectivity index (χ1n) is 7.45. The third-order valence-corrected chi connectivity index (χ3v) is 6.40. The molecule has 0 amide bonds. The molecule has 1 aliphatic rings. The predicted molar refractivity (Wildman–Crippen MR) is 87.8 cm³/mol. The zero-order valence-corrected chi connectivity index (χ0v) is 13.9. The Labute approximate surface area is 136 Å². The number of hydrogen-bond donors (Lipinski definition) is 0. The molecule has 23 heavy (non-hydrogen) atoms. The van der Waals surface area contributed by atoms with Crippen LogP contribution in [0.15, 0.2) is 47.4 Å². The SMILES string of the molecule is COc1ccc2c(c1)C(=O)C(S(=O)(=O)c1ccc(C)cc1)CC2. The van der Waals surface area contributed by atoms with E-state index in [1.54, 1.807) is 36.4 Å². The van der Waals surface area contributed by atoms with Crippen molar-refractivity contribution in [3.63, 3.8) is 0 Å². The van der Waals surface area contributed by atoms with Crippen molar-refractivity contribution in [1.82, 2.24) is 0 Å². The second kappa shape index (κ2) is 5.81. The van der Waals surface area contributed by atoms with Gasteiger partial charge in [0.1, 0.15) is 11.0 Å². The molecule has 5 heteroatoms. The summed E-state index contributed by atoms with van der Waals surface area (Å²) in [7, 11) is -2.16. The van der Waals surface area contributed by atoms with Gasteiger partial charge in [-0.15, -0.1) is 0 Å². The summed E-state index contributed by atoms with van der Waals surface area (Å²) in [6.45, 7) is 1.89. The van der Waals surface area contributed by atoms with Crippen molar-refractivity contribution in [3.8, 4) is 5.75 Å². The Bertz CT molecular complexity index is 851. The molecule has 0 fully saturated rings. The summed E-state index contributed by atoms with van der Waals surface area (Å²) in [6, 6.07) is 11.9. The largest absolute Gasteiger partial charge is 0.497 e. The molecule has 120 valence electrons. The Kier molecular flexibility index (Phi) is 3.98. The van der Waals surface area contributed by atoms with Gasteiger partial charge in [0.15, 0.2) is 15.6 Å². The van der Waals surface area contributed by atoms with Crippen molar-refractivity contribution in [2.45, 2.75) is 29.9 Å². The van der Waals surface area contributed by atoms with E-state index < -0.39 is 15.1 Å². The highest BCUT2D eigenvalue weighted by molar-refractivity contribution is 7.92. The number of sulfone groups is 1. The van der Waals surface area contributed by atoms with Gasteiger partial charge in [-0.25, -0.2) is 8.42 Å². The summed E-state index contributed by atoms with van der Waals surface area (Å²) in [5, 5.41) is -1.02. The molecule has 2 aromatic rings. The summed E-state index contributed by atoms with van der Waals surface area (Å²) in [5.74, 6) is 0.219. The third kappa shape index (κ3) is 2.77. The van der Waals surface area contributed by atoms with Gasteiger partial charge in [-0.2, -0.15) is 0 Å². The lowest BCUT2D eigenvalue weighted by Gasteiger charge is -2.23. The van der Waals surface area contributed by atoms with E-state index in [0.29, 0.717) is 24.2 Å². The maximum Gasteiger partial charge on any atom is 0.188 e. The number of carbonyl (C=O) groups excluding carboxylic acids is 1. The molecular formula is C18H18O4S. The number of methoxy groups -OCH3 is 1. The Morgan fingerprint density at radius 2 is 1.78 bits per heavy atom. The molecule has 4 nitrogen and oxygen atoms in total. The van der Waals surface area contributed by atoms with Crippen LogP contribution >= 0.6 is 0 Å². The van der Waals surface area contributed by atoms with Gasteiger partial charge in [0.05, 0.1) is 12.0 Å². The molecule has 0 saturated heterocycles.